The summed E-state index contributed by atoms with van der Waals surface area (Å²) in [6.07, 6.45) is 2.09. The molecular formula is C16H22N2O3. The molecule has 1 amide bonds. The number of benzene rings is 1. The lowest BCUT2D eigenvalue weighted by Gasteiger charge is -2.38. The SMILES string of the molecule is COC(=O)c1cccc(NC(=O)C2NCCCC2(C)C)c1. The van der Waals surface area contributed by atoms with Gasteiger partial charge in [0, 0.05) is 5.69 Å². The van der Waals surface area contributed by atoms with Gasteiger partial charge in [-0.1, -0.05) is 19.9 Å². The summed E-state index contributed by atoms with van der Waals surface area (Å²) in [5.41, 5.74) is 0.944. The normalized spacial score (nSPS) is 20.6. The minimum absolute atomic E-state index is 0.0679. The second kappa shape index (κ2) is 6.26. The maximum Gasteiger partial charge on any atom is 0.337 e. The predicted octanol–water partition coefficient (Wildman–Crippen LogP) is 2.19. The van der Waals surface area contributed by atoms with Gasteiger partial charge in [0.2, 0.25) is 5.91 Å². The number of ether oxygens (including phenoxy) is 1. The van der Waals surface area contributed by atoms with Crippen molar-refractivity contribution in [1.29, 1.82) is 0 Å². The molecular weight excluding hydrogens is 268 g/mol. The first-order valence-corrected chi connectivity index (χ1v) is 7.17. The number of esters is 1. The molecule has 5 heteroatoms. The van der Waals surface area contributed by atoms with E-state index in [0.29, 0.717) is 11.3 Å². The van der Waals surface area contributed by atoms with Crippen molar-refractivity contribution >= 4 is 17.6 Å². The van der Waals surface area contributed by atoms with Gasteiger partial charge in [-0.15, -0.1) is 0 Å². The van der Waals surface area contributed by atoms with Gasteiger partial charge in [-0.25, -0.2) is 4.79 Å². The van der Waals surface area contributed by atoms with Gasteiger partial charge >= 0.3 is 5.97 Å². The van der Waals surface area contributed by atoms with Crippen molar-refractivity contribution in [2.75, 3.05) is 19.0 Å². The zero-order chi connectivity index (χ0) is 15.5. The van der Waals surface area contributed by atoms with Gasteiger partial charge in [-0.2, -0.15) is 0 Å². The summed E-state index contributed by atoms with van der Waals surface area (Å²) in [5.74, 6) is -0.482. The standard InChI is InChI=1S/C16H22N2O3/c1-16(2)8-5-9-17-13(16)14(19)18-12-7-4-6-11(10-12)15(20)21-3/h4,6-7,10,13,17H,5,8-9H2,1-3H3,(H,18,19). The first-order chi connectivity index (χ1) is 9.94. The van der Waals surface area contributed by atoms with Gasteiger partial charge in [0.25, 0.3) is 0 Å². The maximum atomic E-state index is 12.4. The number of methoxy groups -OCH3 is 1. The van der Waals surface area contributed by atoms with Crippen LogP contribution in [0.5, 0.6) is 0 Å². The average molecular weight is 290 g/mol. The number of carbonyl (C=O) groups is 2. The Hall–Kier alpha value is -1.88. The molecule has 1 aliphatic heterocycles. The molecule has 1 heterocycles. The number of piperidine rings is 1. The molecule has 114 valence electrons. The van der Waals surface area contributed by atoms with Gasteiger partial charge in [-0.3, -0.25) is 4.79 Å². The Morgan fingerprint density at radius 3 is 2.81 bits per heavy atom. The minimum Gasteiger partial charge on any atom is -0.465 e. The number of hydrogen-bond donors (Lipinski definition) is 2. The molecule has 2 N–H and O–H groups in total. The summed E-state index contributed by atoms with van der Waals surface area (Å²) in [6, 6.07) is 6.54. The zero-order valence-corrected chi connectivity index (χ0v) is 12.7. The largest absolute Gasteiger partial charge is 0.465 e. The van der Waals surface area contributed by atoms with Crippen LogP contribution in [0.1, 0.15) is 37.0 Å². The van der Waals surface area contributed by atoms with Crippen LogP contribution in [0.3, 0.4) is 0 Å². The van der Waals surface area contributed by atoms with Crippen LogP contribution in [0.2, 0.25) is 0 Å². The highest BCUT2D eigenvalue weighted by Gasteiger charge is 2.37. The summed E-state index contributed by atoms with van der Waals surface area (Å²) in [4.78, 5) is 24.0. The summed E-state index contributed by atoms with van der Waals surface area (Å²) < 4.78 is 4.68. The highest BCUT2D eigenvalue weighted by atomic mass is 16.5. The molecule has 1 aliphatic rings. The first-order valence-electron chi connectivity index (χ1n) is 7.17. The van der Waals surface area contributed by atoms with E-state index in [1.54, 1.807) is 24.3 Å². The average Bonchev–Trinajstić information content (AvgIpc) is 2.46. The maximum absolute atomic E-state index is 12.4. The van der Waals surface area contributed by atoms with Crippen molar-refractivity contribution in [2.24, 2.45) is 5.41 Å². The van der Waals surface area contributed by atoms with Crippen LogP contribution in [0.25, 0.3) is 0 Å². The second-order valence-electron chi connectivity index (χ2n) is 6.04. The molecule has 0 aliphatic carbocycles. The van der Waals surface area contributed by atoms with E-state index in [1.165, 1.54) is 7.11 Å². The Bertz CT molecular complexity index is 540. The molecule has 1 unspecified atom stereocenters. The molecule has 1 atom stereocenters. The van der Waals surface area contributed by atoms with Crippen molar-refractivity contribution < 1.29 is 14.3 Å². The van der Waals surface area contributed by atoms with Gasteiger partial charge in [0.15, 0.2) is 0 Å². The molecule has 1 aromatic rings. The fraction of sp³-hybridized carbons (Fsp3) is 0.500. The van der Waals surface area contributed by atoms with Gasteiger partial charge < -0.3 is 15.4 Å². The third-order valence-electron chi connectivity index (χ3n) is 3.94. The lowest BCUT2D eigenvalue weighted by atomic mass is 9.77. The molecule has 0 spiro atoms. The Kier molecular flexibility index (Phi) is 4.63. The summed E-state index contributed by atoms with van der Waals surface area (Å²) in [5, 5.41) is 6.15. The van der Waals surface area contributed by atoms with E-state index in [4.69, 9.17) is 0 Å². The van der Waals surface area contributed by atoms with E-state index >= 15 is 0 Å². The monoisotopic (exact) mass is 290 g/mol. The van der Waals surface area contributed by atoms with E-state index < -0.39 is 5.97 Å². The topological polar surface area (TPSA) is 67.4 Å². The van der Waals surface area contributed by atoms with Crippen LogP contribution in [0, 0.1) is 5.41 Å². The van der Waals surface area contributed by atoms with E-state index in [0.717, 1.165) is 19.4 Å². The molecule has 5 nitrogen and oxygen atoms in total. The molecule has 1 aromatic carbocycles. The lowest BCUT2D eigenvalue weighted by molar-refractivity contribution is -0.121. The quantitative estimate of drug-likeness (QED) is 0.837. The summed E-state index contributed by atoms with van der Waals surface area (Å²) >= 11 is 0. The third kappa shape index (κ3) is 3.61. The van der Waals surface area contributed by atoms with Crippen LogP contribution < -0.4 is 10.6 Å². The second-order valence-corrected chi connectivity index (χ2v) is 6.04. The van der Waals surface area contributed by atoms with Crippen molar-refractivity contribution in [3.05, 3.63) is 29.8 Å². The van der Waals surface area contributed by atoms with Gasteiger partial charge in [-0.05, 0) is 43.0 Å². The molecule has 0 bridgehead atoms. The smallest absolute Gasteiger partial charge is 0.337 e. The van der Waals surface area contributed by atoms with Crippen molar-refractivity contribution in [2.45, 2.75) is 32.7 Å². The molecule has 0 saturated carbocycles. The van der Waals surface area contributed by atoms with Gasteiger partial charge in [0.05, 0.1) is 18.7 Å². The fourth-order valence-corrected chi connectivity index (χ4v) is 2.71. The molecule has 2 rings (SSSR count). The molecule has 0 aromatic heterocycles. The number of hydrogen-bond acceptors (Lipinski definition) is 4. The molecule has 1 saturated heterocycles. The Morgan fingerprint density at radius 2 is 2.14 bits per heavy atom. The third-order valence-corrected chi connectivity index (χ3v) is 3.94. The Morgan fingerprint density at radius 1 is 1.38 bits per heavy atom. The lowest BCUT2D eigenvalue weighted by Crippen LogP contribution is -2.53. The Balaban J connectivity index is 2.10. The number of rotatable bonds is 3. The van der Waals surface area contributed by atoms with Crippen molar-refractivity contribution in [1.82, 2.24) is 5.32 Å². The number of anilines is 1. The van der Waals surface area contributed by atoms with E-state index in [-0.39, 0.29) is 17.4 Å². The fourth-order valence-electron chi connectivity index (χ4n) is 2.71. The van der Waals surface area contributed by atoms with Crippen LogP contribution in [-0.2, 0) is 9.53 Å². The van der Waals surface area contributed by atoms with Crippen LogP contribution in [0.15, 0.2) is 24.3 Å². The highest BCUT2D eigenvalue weighted by molar-refractivity contribution is 5.97. The molecule has 0 radical (unpaired) electrons. The van der Waals surface area contributed by atoms with E-state index in [1.807, 2.05) is 0 Å². The zero-order valence-electron chi connectivity index (χ0n) is 12.7. The van der Waals surface area contributed by atoms with Crippen molar-refractivity contribution in [3.8, 4) is 0 Å². The number of carbonyl (C=O) groups excluding carboxylic acids is 2. The first kappa shape index (κ1) is 15.5. The van der Waals surface area contributed by atoms with E-state index in [2.05, 4.69) is 29.2 Å². The van der Waals surface area contributed by atoms with Crippen LogP contribution in [-0.4, -0.2) is 31.6 Å². The van der Waals surface area contributed by atoms with Crippen LogP contribution in [0.4, 0.5) is 5.69 Å². The Labute approximate surface area is 125 Å². The molecule has 1 fully saturated rings. The van der Waals surface area contributed by atoms with Crippen LogP contribution >= 0.6 is 0 Å². The minimum atomic E-state index is -0.415. The summed E-state index contributed by atoms with van der Waals surface area (Å²) in [6.45, 7) is 5.03. The van der Waals surface area contributed by atoms with E-state index in [9.17, 15) is 9.59 Å². The highest BCUT2D eigenvalue weighted by Crippen LogP contribution is 2.30. The predicted molar refractivity (Wildman–Crippen MR) is 81.2 cm³/mol. The summed E-state index contributed by atoms with van der Waals surface area (Å²) in [7, 11) is 1.34. The number of nitrogens with one attached hydrogen (secondary N) is 2. The van der Waals surface area contributed by atoms with Gasteiger partial charge in [0.1, 0.15) is 0 Å². The molecule has 21 heavy (non-hydrogen) atoms. The van der Waals surface area contributed by atoms with Crippen molar-refractivity contribution in [3.63, 3.8) is 0 Å². The number of amides is 1.